The van der Waals surface area contributed by atoms with Gasteiger partial charge in [0.1, 0.15) is 5.75 Å². The van der Waals surface area contributed by atoms with Crippen LogP contribution < -0.4 is 0 Å². The number of rotatable bonds is 2. The average Bonchev–Trinajstić information content (AvgIpc) is 1.93. The van der Waals surface area contributed by atoms with E-state index >= 15 is 0 Å². The molecule has 60 valence electrons. The third-order valence-corrected chi connectivity index (χ3v) is 1.61. The minimum absolute atomic E-state index is 0.0328. The van der Waals surface area contributed by atoms with E-state index in [1.54, 1.807) is 0 Å². The molecule has 1 atom stereocenters. The number of pyridine rings is 1. The lowest BCUT2D eigenvalue weighted by Gasteiger charge is -2.02. The Bertz CT molecular complexity index is 259. The highest BCUT2D eigenvalue weighted by Crippen LogP contribution is 2.06. The number of hydrogen-bond acceptors (Lipinski definition) is 4. The van der Waals surface area contributed by atoms with Gasteiger partial charge in [0.25, 0.3) is 0 Å². The molecule has 0 saturated carbocycles. The first-order chi connectivity index (χ1) is 5.18. The fourth-order valence-corrected chi connectivity index (χ4v) is 1.04. The zero-order chi connectivity index (χ0) is 8.27. The van der Waals surface area contributed by atoms with Crippen molar-refractivity contribution < 1.29 is 13.9 Å². The molecule has 0 bridgehead atoms. The Balaban J connectivity index is 2.74. The summed E-state index contributed by atoms with van der Waals surface area (Å²) in [4.78, 5) is 3.68. The minimum atomic E-state index is -2.12. The Morgan fingerprint density at radius 1 is 1.64 bits per heavy atom. The Morgan fingerprint density at radius 3 is 2.82 bits per heavy atom. The molecule has 0 spiro atoms. The van der Waals surface area contributed by atoms with Crippen molar-refractivity contribution >= 4 is 11.1 Å². The summed E-state index contributed by atoms with van der Waals surface area (Å²) in [6.07, 6.45) is 1.21. The van der Waals surface area contributed by atoms with Gasteiger partial charge in [0.2, 0.25) is 0 Å². The van der Waals surface area contributed by atoms with Crippen LogP contribution in [0.15, 0.2) is 18.3 Å². The van der Waals surface area contributed by atoms with Crippen LogP contribution in [0.4, 0.5) is 0 Å². The lowest BCUT2D eigenvalue weighted by molar-refractivity contribution is 0.472. The monoisotopic (exact) mass is 172 g/mol. The van der Waals surface area contributed by atoms with Crippen LogP contribution in [0.3, 0.4) is 0 Å². The average molecular weight is 172 g/mol. The molecule has 0 fully saturated rings. The summed E-state index contributed by atoms with van der Waals surface area (Å²) in [6.45, 7) is 0. The van der Waals surface area contributed by atoms with Gasteiger partial charge in [-0.2, -0.15) is 0 Å². The Kier molecular flexibility index (Phi) is 2.56. The molecule has 1 aromatic heterocycles. The van der Waals surface area contributed by atoms with Gasteiger partial charge in [-0.25, -0.2) is 0 Å². The maximum atomic E-state index is 10.2. The second-order valence-electron chi connectivity index (χ2n) is 1.96. The smallest absolute Gasteiger partial charge is 0.133 e. The van der Waals surface area contributed by atoms with E-state index in [1.165, 1.54) is 18.3 Å². The molecule has 0 aliphatic rings. The fourth-order valence-electron chi connectivity index (χ4n) is 0.623. The van der Waals surface area contributed by atoms with Gasteiger partial charge in [-0.1, -0.05) is 0 Å². The van der Waals surface area contributed by atoms with Crippen molar-refractivity contribution in [2.45, 2.75) is 5.75 Å². The second kappa shape index (κ2) is 3.45. The van der Waals surface area contributed by atoms with Crippen LogP contribution in [-0.4, -0.2) is 18.9 Å². The molecule has 11 heavy (non-hydrogen) atoms. The molecule has 1 N–H and O–H groups in total. The zero-order valence-electron chi connectivity index (χ0n) is 5.56. The summed E-state index contributed by atoms with van der Waals surface area (Å²) in [5, 5.41) is 8.77. The standard InChI is InChI=1S/C6H7NO3S/c8-6-2-1-5(7-3-6)4-11(9)10/h1-3,8H,4H2,(H,9,10)/p-1. The number of aromatic hydroxyl groups is 1. The molecule has 0 saturated heterocycles. The van der Waals surface area contributed by atoms with Crippen molar-refractivity contribution in [3.05, 3.63) is 24.0 Å². The Labute approximate surface area is 66.2 Å². The van der Waals surface area contributed by atoms with Crippen molar-refractivity contribution in [1.82, 2.24) is 4.98 Å². The maximum absolute atomic E-state index is 10.2. The van der Waals surface area contributed by atoms with Crippen molar-refractivity contribution in [3.63, 3.8) is 0 Å². The zero-order valence-corrected chi connectivity index (χ0v) is 6.37. The lowest BCUT2D eigenvalue weighted by atomic mass is 10.4. The highest BCUT2D eigenvalue weighted by atomic mass is 32.2. The highest BCUT2D eigenvalue weighted by Gasteiger charge is 1.93. The summed E-state index contributed by atoms with van der Waals surface area (Å²) < 4.78 is 20.3. The first-order valence-corrected chi connectivity index (χ1v) is 4.12. The van der Waals surface area contributed by atoms with E-state index in [1.807, 2.05) is 0 Å². The van der Waals surface area contributed by atoms with Crippen molar-refractivity contribution in [3.8, 4) is 5.75 Å². The van der Waals surface area contributed by atoms with Crippen LogP contribution in [-0.2, 0) is 16.8 Å². The second-order valence-corrected chi connectivity index (χ2v) is 2.85. The summed E-state index contributed by atoms with van der Waals surface area (Å²) >= 11 is -2.12. The van der Waals surface area contributed by atoms with Gasteiger partial charge in [0.05, 0.1) is 17.6 Å². The maximum Gasteiger partial charge on any atom is 0.133 e. The van der Waals surface area contributed by atoms with Crippen LogP contribution in [0, 0.1) is 0 Å². The van der Waals surface area contributed by atoms with E-state index in [2.05, 4.69) is 4.98 Å². The van der Waals surface area contributed by atoms with Gasteiger partial charge >= 0.3 is 0 Å². The van der Waals surface area contributed by atoms with E-state index in [4.69, 9.17) is 5.11 Å². The first kappa shape index (κ1) is 8.16. The third kappa shape index (κ3) is 2.65. The molecule has 0 aromatic carbocycles. The predicted octanol–water partition coefficient (Wildman–Crippen LogP) is 0.166. The number of hydrogen-bond donors (Lipinski definition) is 1. The summed E-state index contributed by atoms with van der Waals surface area (Å²) in [7, 11) is 0. The topological polar surface area (TPSA) is 73.2 Å². The first-order valence-electron chi connectivity index (χ1n) is 2.88. The largest absolute Gasteiger partial charge is 0.772 e. The molecule has 1 heterocycles. The molecule has 5 heteroatoms. The van der Waals surface area contributed by atoms with Crippen molar-refractivity contribution in [1.29, 1.82) is 0 Å². The van der Waals surface area contributed by atoms with Crippen molar-refractivity contribution in [2.75, 3.05) is 0 Å². The van der Waals surface area contributed by atoms with Gasteiger partial charge < -0.3 is 9.66 Å². The molecule has 0 aliphatic heterocycles. The summed E-state index contributed by atoms with van der Waals surface area (Å²) in [6, 6.07) is 2.86. The van der Waals surface area contributed by atoms with E-state index in [0.717, 1.165) is 0 Å². The van der Waals surface area contributed by atoms with Crippen molar-refractivity contribution in [2.24, 2.45) is 0 Å². The SMILES string of the molecule is O=S([O-])Cc1ccc(O)cn1. The van der Waals surface area contributed by atoms with E-state index in [-0.39, 0.29) is 11.5 Å². The van der Waals surface area contributed by atoms with E-state index in [0.29, 0.717) is 5.69 Å². The van der Waals surface area contributed by atoms with E-state index < -0.39 is 11.1 Å². The van der Waals surface area contributed by atoms with Crippen LogP contribution >= 0.6 is 0 Å². The normalized spacial score (nSPS) is 12.8. The number of nitrogens with zero attached hydrogens (tertiary/aromatic N) is 1. The van der Waals surface area contributed by atoms with Crippen LogP contribution in [0.5, 0.6) is 5.75 Å². The van der Waals surface area contributed by atoms with Crippen LogP contribution in [0.1, 0.15) is 5.69 Å². The molecule has 0 aliphatic carbocycles. The molecule has 1 aromatic rings. The molecule has 1 unspecified atom stereocenters. The molecule has 0 amide bonds. The van der Waals surface area contributed by atoms with Crippen LogP contribution in [0.25, 0.3) is 0 Å². The highest BCUT2D eigenvalue weighted by molar-refractivity contribution is 7.78. The third-order valence-electron chi connectivity index (χ3n) is 1.07. The molecule has 0 radical (unpaired) electrons. The molecule has 1 rings (SSSR count). The van der Waals surface area contributed by atoms with Gasteiger partial charge in [0.15, 0.2) is 0 Å². The fraction of sp³-hybridized carbons (Fsp3) is 0.167. The minimum Gasteiger partial charge on any atom is -0.772 e. The quantitative estimate of drug-likeness (QED) is 0.645. The van der Waals surface area contributed by atoms with Crippen LogP contribution in [0.2, 0.25) is 0 Å². The van der Waals surface area contributed by atoms with Gasteiger partial charge in [-0.3, -0.25) is 9.19 Å². The van der Waals surface area contributed by atoms with Gasteiger partial charge in [0, 0.05) is 0 Å². The Morgan fingerprint density at radius 2 is 2.36 bits per heavy atom. The van der Waals surface area contributed by atoms with Gasteiger partial charge in [-0.15, -0.1) is 0 Å². The molecular weight excluding hydrogens is 166 g/mol. The number of aromatic nitrogens is 1. The Hall–Kier alpha value is -0.940. The van der Waals surface area contributed by atoms with E-state index in [9.17, 15) is 8.76 Å². The predicted molar refractivity (Wildman–Crippen MR) is 38.5 cm³/mol. The summed E-state index contributed by atoms with van der Waals surface area (Å²) in [5.74, 6) is -0.0780. The van der Waals surface area contributed by atoms with Gasteiger partial charge in [-0.05, 0) is 23.2 Å². The lowest BCUT2D eigenvalue weighted by Crippen LogP contribution is -1.95. The summed E-state index contributed by atoms with van der Waals surface area (Å²) in [5.41, 5.74) is 0.427. The molecule has 4 nitrogen and oxygen atoms in total. The molecular formula is C6H6NO3S-.